The van der Waals surface area contributed by atoms with Crippen molar-refractivity contribution in [2.24, 2.45) is 11.1 Å². The van der Waals surface area contributed by atoms with Crippen LogP contribution in [0.5, 0.6) is 0 Å². The van der Waals surface area contributed by atoms with Crippen molar-refractivity contribution in [1.29, 1.82) is 0 Å². The van der Waals surface area contributed by atoms with Crippen molar-refractivity contribution in [3.05, 3.63) is 53.6 Å². The normalized spacial score (nSPS) is 11.8. The molecule has 0 saturated carbocycles. The molecule has 2 aromatic rings. The summed E-state index contributed by atoms with van der Waals surface area (Å²) in [7, 11) is 0. The molecule has 3 nitrogen and oxygen atoms in total. The summed E-state index contributed by atoms with van der Waals surface area (Å²) >= 11 is 0. The van der Waals surface area contributed by atoms with Gasteiger partial charge in [0.2, 0.25) is 0 Å². The summed E-state index contributed by atoms with van der Waals surface area (Å²) in [6.45, 7) is 8.36. The smallest absolute Gasteiger partial charge is 0.0951 e. The molecule has 108 valence electrons. The monoisotopic (exact) mass is 271 g/mol. The average molecular weight is 271 g/mol. The van der Waals surface area contributed by atoms with E-state index in [1.165, 1.54) is 16.8 Å². The van der Waals surface area contributed by atoms with E-state index in [4.69, 9.17) is 5.73 Å². The van der Waals surface area contributed by atoms with Crippen LogP contribution in [0.2, 0.25) is 0 Å². The molecule has 3 heteroatoms. The average Bonchev–Trinajstić information content (AvgIpc) is 2.77. The number of rotatable bonds is 5. The summed E-state index contributed by atoms with van der Waals surface area (Å²) < 4.78 is 2.24. The summed E-state index contributed by atoms with van der Waals surface area (Å²) in [6.07, 6.45) is 5.89. The summed E-state index contributed by atoms with van der Waals surface area (Å²) in [5.41, 5.74) is 9.76. The van der Waals surface area contributed by atoms with Crippen molar-refractivity contribution < 1.29 is 0 Å². The summed E-state index contributed by atoms with van der Waals surface area (Å²) in [4.78, 5) is 4.30. The first kappa shape index (κ1) is 14.8. The van der Waals surface area contributed by atoms with E-state index >= 15 is 0 Å². The summed E-state index contributed by atoms with van der Waals surface area (Å²) in [5.74, 6) is 0. The molecule has 0 aliphatic rings. The first-order valence-corrected chi connectivity index (χ1v) is 7.25. The predicted molar refractivity (Wildman–Crippen MR) is 83.7 cm³/mol. The lowest BCUT2D eigenvalue weighted by Crippen LogP contribution is -2.13. The van der Waals surface area contributed by atoms with Crippen LogP contribution in [-0.2, 0) is 19.4 Å². The third kappa shape index (κ3) is 4.20. The molecule has 0 unspecified atom stereocenters. The van der Waals surface area contributed by atoms with E-state index in [2.05, 4.69) is 54.6 Å². The van der Waals surface area contributed by atoms with Crippen LogP contribution in [0.15, 0.2) is 36.8 Å². The zero-order chi connectivity index (χ0) is 14.6. The number of hydrogen-bond acceptors (Lipinski definition) is 2. The molecule has 2 N–H and O–H groups in total. The van der Waals surface area contributed by atoms with Gasteiger partial charge < -0.3 is 10.3 Å². The molecule has 0 radical (unpaired) electrons. The molecule has 1 aromatic heterocycles. The SMILES string of the molecule is CC(C)(C)Cc1cncn1Cc1ccc(CCN)cc1. The minimum absolute atomic E-state index is 0.281. The molecule has 2 rings (SSSR count). The molecular weight excluding hydrogens is 246 g/mol. The third-order valence-electron chi connectivity index (χ3n) is 3.32. The van der Waals surface area contributed by atoms with Crippen molar-refractivity contribution in [2.45, 2.75) is 40.2 Å². The number of nitrogens with two attached hydrogens (primary N) is 1. The Balaban J connectivity index is 2.08. The molecule has 20 heavy (non-hydrogen) atoms. The zero-order valence-electron chi connectivity index (χ0n) is 12.8. The van der Waals surface area contributed by atoms with Crippen LogP contribution in [0.1, 0.15) is 37.6 Å². The Morgan fingerprint density at radius 2 is 1.75 bits per heavy atom. The van der Waals surface area contributed by atoms with Crippen molar-refractivity contribution in [3.63, 3.8) is 0 Å². The van der Waals surface area contributed by atoms with Crippen molar-refractivity contribution in [1.82, 2.24) is 9.55 Å². The minimum atomic E-state index is 0.281. The fourth-order valence-electron chi connectivity index (χ4n) is 2.36. The standard InChI is InChI=1S/C17H25N3/c1-17(2,3)10-16-11-19-13-20(16)12-15-6-4-14(5-7-15)8-9-18/h4-7,11,13H,8-10,12,18H2,1-3H3. The molecule has 0 aliphatic heterocycles. The number of imidazole rings is 1. The summed E-state index contributed by atoms with van der Waals surface area (Å²) in [5, 5.41) is 0. The Bertz CT molecular complexity index is 532. The van der Waals surface area contributed by atoms with Gasteiger partial charge in [0.25, 0.3) is 0 Å². The largest absolute Gasteiger partial charge is 0.330 e. The van der Waals surface area contributed by atoms with E-state index in [-0.39, 0.29) is 5.41 Å². The highest BCUT2D eigenvalue weighted by molar-refractivity contribution is 5.23. The van der Waals surface area contributed by atoms with E-state index in [9.17, 15) is 0 Å². The summed E-state index contributed by atoms with van der Waals surface area (Å²) in [6, 6.07) is 8.71. The maximum atomic E-state index is 5.57. The Morgan fingerprint density at radius 1 is 1.10 bits per heavy atom. The lowest BCUT2D eigenvalue weighted by molar-refractivity contribution is 0.399. The lowest BCUT2D eigenvalue weighted by atomic mass is 9.91. The van der Waals surface area contributed by atoms with Crippen LogP contribution in [0.3, 0.4) is 0 Å². The van der Waals surface area contributed by atoms with E-state index < -0.39 is 0 Å². The maximum Gasteiger partial charge on any atom is 0.0951 e. The van der Waals surface area contributed by atoms with Gasteiger partial charge in [0.15, 0.2) is 0 Å². The molecule has 0 amide bonds. The fourth-order valence-corrected chi connectivity index (χ4v) is 2.36. The third-order valence-corrected chi connectivity index (χ3v) is 3.32. The van der Waals surface area contributed by atoms with Gasteiger partial charge in [0.1, 0.15) is 0 Å². The first-order chi connectivity index (χ1) is 9.48. The van der Waals surface area contributed by atoms with Gasteiger partial charge in [-0.15, -0.1) is 0 Å². The molecule has 0 bridgehead atoms. The Kier molecular flexibility index (Phi) is 4.61. The van der Waals surface area contributed by atoms with Gasteiger partial charge in [-0.25, -0.2) is 4.98 Å². The Morgan fingerprint density at radius 3 is 2.35 bits per heavy atom. The topological polar surface area (TPSA) is 43.8 Å². The zero-order valence-corrected chi connectivity index (χ0v) is 12.8. The highest BCUT2D eigenvalue weighted by atomic mass is 15.0. The van der Waals surface area contributed by atoms with Crippen molar-refractivity contribution in [3.8, 4) is 0 Å². The van der Waals surface area contributed by atoms with E-state index in [0.29, 0.717) is 6.54 Å². The number of hydrogen-bond donors (Lipinski definition) is 1. The van der Waals surface area contributed by atoms with Crippen LogP contribution in [0.25, 0.3) is 0 Å². The van der Waals surface area contributed by atoms with Gasteiger partial charge in [-0.2, -0.15) is 0 Å². The van der Waals surface area contributed by atoms with Gasteiger partial charge in [0.05, 0.1) is 6.33 Å². The predicted octanol–water partition coefficient (Wildman–Crippen LogP) is 3.02. The minimum Gasteiger partial charge on any atom is -0.330 e. The van der Waals surface area contributed by atoms with Crippen LogP contribution in [0.4, 0.5) is 0 Å². The lowest BCUT2D eigenvalue weighted by Gasteiger charge is -2.19. The molecule has 0 saturated heterocycles. The molecule has 1 aromatic carbocycles. The van der Waals surface area contributed by atoms with Crippen LogP contribution >= 0.6 is 0 Å². The van der Waals surface area contributed by atoms with Gasteiger partial charge in [-0.1, -0.05) is 45.0 Å². The Hall–Kier alpha value is -1.61. The van der Waals surface area contributed by atoms with Crippen LogP contribution in [0, 0.1) is 5.41 Å². The Labute approximate surface area is 121 Å². The van der Waals surface area contributed by atoms with Gasteiger partial charge in [-0.05, 0) is 35.9 Å². The molecule has 0 aliphatic carbocycles. The second kappa shape index (κ2) is 6.23. The molecule has 0 spiro atoms. The van der Waals surface area contributed by atoms with E-state index in [1.807, 2.05) is 12.5 Å². The molecule has 1 heterocycles. The maximum absolute atomic E-state index is 5.57. The van der Waals surface area contributed by atoms with Gasteiger partial charge in [-0.3, -0.25) is 0 Å². The second-order valence-corrected chi connectivity index (χ2v) is 6.61. The first-order valence-electron chi connectivity index (χ1n) is 7.25. The number of nitrogens with zero attached hydrogens (tertiary/aromatic N) is 2. The fraction of sp³-hybridized carbons (Fsp3) is 0.471. The van der Waals surface area contributed by atoms with E-state index in [1.54, 1.807) is 0 Å². The van der Waals surface area contributed by atoms with E-state index in [0.717, 1.165) is 19.4 Å². The highest BCUT2D eigenvalue weighted by Crippen LogP contribution is 2.20. The molecule has 0 atom stereocenters. The van der Waals surface area contributed by atoms with Gasteiger partial charge in [0, 0.05) is 18.4 Å². The molecular formula is C17H25N3. The molecule has 0 fully saturated rings. The highest BCUT2D eigenvalue weighted by Gasteiger charge is 2.14. The van der Waals surface area contributed by atoms with Crippen LogP contribution in [-0.4, -0.2) is 16.1 Å². The van der Waals surface area contributed by atoms with Crippen molar-refractivity contribution >= 4 is 0 Å². The van der Waals surface area contributed by atoms with Crippen molar-refractivity contribution in [2.75, 3.05) is 6.54 Å². The number of aromatic nitrogens is 2. The number of benzene rings is 1. The van der Waals surface area contributed by atoms with Crippen LogP contribution < -0.4 is 5.73 Å². The second-order valence-electron chi connectivity index (χ2n) is 6.61. The van der Waals surface area contributed by atoms with Gasteiger partial charge >= 0.3 is 0 Å². The quantitative estimate of drug-likeness (QED) is 0.908.